The van der Waals surface area contributed by atoms with Crippen LogP contribution in [-0.4, -0.2) is 35.6 Å². The van der Waals surface area contributed by atoms with E-state index in [0.717, 1.165) is 15.2 Å². The highest BCUT2D eigenvalue weighted by Crippen LogP contribution is 2.52. The third-order valence-electron chi connectivity index (χ3n) is 2.44. The number of carbonyl (C=O) groups is 1. The van der Waals surface area contributed by atoms with Gasteiger partial charge in [-0.15, -0.1) is 0 Å². The second-order valence-corrected chi connectivity index (χ2v) is 7.34. The third kappa shape index (κ3) is 2.21. The van der Waals surface area contributed by atoms with E-state index >= 15 is 0 Å². The normalized spacial score (nSPS) is 38.1. The summed E-state index contributed by atoms with van der Waals surface area (Å²) in [5, 5.41) is 0. The molecule has 0 bridgehead atoms. The summed E-state index contributed by atoms with van der Waals surface area (Å²) in [6, 6.07) is 0. The highest BCUT2D eigenvalue weighted by atomic mass is 31.2. The summed E-state index contributed by atoms with van der Waals surface area (Å²) >= 11 is 0. The van der Waals surface area contributed by atoms with Crippen LogP contribution in [0.3, 0.4) is 0 Å². The largest absolute Gasteiger partial charge is 0.446 e. The van der Waals surface area contributed by atoms with E-state index < -0.39 is 0 Å². The lowest BCUT2D eigenvalue weighted by atomic mass is 10.3. The Morgan fingerprint density at radius 1 is 1.69 bits per heavy atom. The van der Waals surface area contributed by atoms with Gasteiger partial charge in [-0.3, -0.25) is 4.79 Å². The Hall–Kier alpha value is 0.290. The van der Waals surface area contributed by atoms with Crippen molar-refractivity contribution in [3.63, 3.8) is 0 Å². The zero-order chi connectivity index (χ0) is 9.26. The molecule has 0 aromatic heterocycles. The first kappa shape index (κ1) is 9.83. The SMILES string of the molecule is CP1CCCPN1[C@H]1CCC(=O)O1. The number of ether oxygens (including phenoxy) is 1. The number of hydrogen-bond acceptors (Lipinski definition) is 3. The molecule has 0 saturated carbocycles. The summed E-state index contributed by atoms with van der Waals surface area (Å²) in [6.07, 6.45) is 5.63. The van der Waals surface area contributed by atoms with E-state index in [2.05, 4.69) is 11.1 Å². The fourth-order valence-electron chi connectivity index (χ4n) is 1.73. The van der Waals surface area contributed by atoms with E-state index in [1.807, 2.05) is 0 Å². The maximum atomic E-state index is 11.0. The minimum atomic E-state index is -0.0167. The van der Waals surface area contributed by atoms with Crippen molar-refractivity contribution in [1.82, 2.24) is 4.44 Å². The quantitative estimate of drug-likeness (QED) is 0.498. The number of carbonyl (C=O) groups excluding carboxylic acids is 1. The van der Waals surface area contributed by atoms with Gasteiger partial charge in [0.25, 0.3) is 0 Å². The van der Waals surface area contributed by atoms with Gasteiger partial charge in [0.15, 0.2) is 6.23 Å². The van der Waals surface area contributed by atoms with Gasteiger partial charge in [-0.25, -0.2) is 4.44 Å². The van der Waals surface area contributed by atoms with Crippen molar-refractivity contribution in [2.24, 2.45) is 0 Å². The zero-order valence-corrected chi connectivity index (χ0v) is 9.72. The van der Waals surface area contributed by atoms with Crippen LogP contribution in [0.2, 0.25) is 0 Å². The van der Waals surface area contributed by atoms with Gasteiger partial charge in [-0.2, -0.15) is 0 Å². The Kier molecular flexibility index (Phi) is 3.18. The molecule has 74 valence electrons. The van der Waals surface area contributed by atoms with Crippen LogP contribution < -0.4 is 0 Å². The van der Waals surface area contributed by atoms with Crippen molar-refractivity contribution in [3.8, 4) is 0 Å². The molecular formula is C8H15NO2P2. The van der Waals surface area contributed by atoms with Crippen LogP contribution in [-0.2, 0) is 9.53 Å². The predicted molar refractivity (Wildman–Crippen MR) is 56.5 cm³/mol. The van der Waals surface area contributed by atoms with Crippen molar-refractivity contribution in [2.45, 2.75) is 25.5 Å². The van der Waals surface area contributed by atoms with Crippen LogP contribution >= 0.6 is 16.8 Å². The summed E-state index contributed by atoms with van der Waals surface area (Å²) in [6.45, 7) is 2.30. The molecule has 0 amide bonds. The highest BCUT2D eigenvalue weighted by molar-refractivity contribution is 7.63. The van der Waals surface area contributed by atoms with Crippen molar-refractivity contribution in [2.75, 3.05) is 19.0 Å². The molecule has 2 rings (SSSR count). The lowest BCUT2D eigenvalue weighted by molar-refractivity contribution is -0.143. The minimum Gasteiger partial charge on any atom is -0.446 e. The third-order valence-corrected chi connectivity index (χ3v) is 7.03. The van der Waals surface area contributed by atoms with Crippen LogP contribution in [0, 0.1) is 0 Å². The average molecular weight is 219 g/mol. The molecule has 2 heterocycles. The fraction of sp³-hybridized carbons (Fsp3) is 0.875. The number of cyclic esters (lactones) is 1. The van der Waals surface area contributed by atoms with Gasteiger partial charge in [-0.05, 0) is 42.2 Å². The second kappa shape index (κ2) is 4.21. The first-order chi connectivity index (χ1) is 6.27. The standard InChI is InChI=1S/C8H15NO2P2/c1-13-6-2-5-12-9(13)7-3-4-8(10)11-7/h7,12H,2-6H2,1H3/t7-,13?/m1/s1. The Labute approximate surface area is 81.8 Å². The van der Waals surface area contributed by atoms with Gasteiger partial charge < -0.3 is 4.74 Å². The Morgan fingerprint density at radius 2 is 2.54 bits per heavy atom. The number of hydrogen-bond donors (Lipinski definition) is 0. The molecule has 0 spiro atoms. The van der Waals surface area contributed by atoms with Crippen LogP contribution in [0.5, 0.6) is 0 Å². The molecule has 0 radical (unpaired) electrons. The number of nitrogens with zero attached hydrogens (tertiary/aromatic N) is 1. The number of rotatable bonds is 1. The summed E-state index contributed by atoms with van der Waals surface area (Å²) in [4.78, 5) is 11.0. The molecule has 0 aromatic carbocycles. The van der Waals surface area contributed by atoms with Crippen LogP contribution in [0.4, 0.5) is 0 Å². The molecule has 2 aliphatic heterocycles. The Morgan fingerprint density at radius 3 is 3.15 bits per heavy atom. The molecule has 3 atom stereocenters. The maximum absolute atomic E-state index is 11.0. The first-order valence-electron chi connectivity index (χ1n) is 4.70. The molecule has 2 fully saturated rings. The topological polar surface area (TPSA) is 29.5 Å². The minimum absolute atomic E-state index is 0.0104. The summed E-state index contributed by atoms with van der Waals surface area (Å²) in [7, 11) is 0.865. The van der Waals surface area contributed by atoms with Crippen LogP contribution in [0.25, 0.3) is 0 Å². The molecular weight excluding hydrogens is 204 g/mol. The van der Waals surface area contributed by atoms with Gasteiger partial charge in [0, 0.05) is 6.42 Å². The molecule has 13 heavy (non-hydrogen) atoms. The van der Waals surface area contributed by atoms with Gasteiger partial charge >= 0.3 is 5.97 Å². The van der Waals surface area contributed by atoms with E-state index in [4.69, 9.17) is 4.74 Å². The molecule has 3 nitrogen and oxygen atoms in total. The van der Waals surface area contributed by atoms with Crippen molar-refractivity contribution >= 4 is 22.8 Å². The van der Waals surface area contributed by atoms with E-state index in [1.54, 1.807) is 0 Å². The Balaban J connectivity index is 1.94. The first-order valence-corrected chi connectivity index (χ1v) is 7.79. The van der Waals surface area contributed by atoms with Crippen molar-refractivity contribution in [1.29, 1.82) is 0 Å². The molecule has 0 aromatic rings. The molecule has 0 aliphatic carbocycles. The summed E-state index contributed by atoms with van der Waals surface area (Å²) < 4.78 is 7.72. The highest BCUT2D eigenvalue weighted by Gasteiger charge is 2.33. The monoisotopic (exact) mass is 219 g/mol. The zero-order valence-electron chi connectivity index (χ0n) is 7.82. The molecule has 2 saturated heterocycles. The smallest absolute Gasteiger partial charge is 0.307 e. The van der Waals surface area contributed by atoms with E-state index in [9.17, 15) is 4.79 Å². The summed E-state index contributed by atoms with van der Waals surface area (Å²) in [5.41, 5.74) is 0. The fourth-order valence-corrected chi connectivity index (χ4v) is 5.98. The molecule has 5 heteroatoms. The van der Waals surface area contributed by atoms with E-state index in [-0.39, 0.29) is 20.3 Å². The van der Waals surface area contributed by atoms with Gasteiger partial charge in [0.1, 0.15) is 0 Å². The van der Waals surface area contributed by atoms with Gasteiger partial charge in [0.2, 0.25) is 0 Å². The van der Waals surface area contributed by atoms with Crippen LogP contribution in [0.1, 0.15) is 19.3 Å². The lowest BCUT2D eigenvalue weighted by Gasteiger charge is -2.36. The maximum Gasteiger partial charge on any atom is 0.307 e. The lowest BCUT2D eigenvalue weighted by Crippen LogP contribution is -2.27. The molecule has 2 aliphatic rings. The Bertz CT molecular complexity index is 212. The van der Waals surface area contributed by atoms with Gasteiger partial charge in [0.05, 0.1) is 6.42 Å². The van der Waals surface area contributed by atoms with E-state index in [1.165, 1.54) is 18.7 Å². The molecule has 2 unspecified atom stereocenters. The second-order valence-electron chi connectivity index (χ2n) is 3.47. The summed E-state index contributed by atoms with van der Waals surface area (Å²) in [5.74, 6) is -0.0104. The average Bonchev–Trinajstić information content (AvgIpc) is 2.53. The predicted octanol–water partition coefficient (Wildman–Crippen LogP) is 1.98. The van der Waals surface area contributed by atoms with Gasteiger partial charge in [-0.1, -0.05) is 0 Å². The van der Waals surface area contributed by atoms with Crippen LogP contribution in [0.15, 0.2) is 0 Å². The molecule has 0 N–H and O–H groups in total. The number of esters is 1. The van der Waals surface area contributed by atoms with E-state index in [0.29, 0.717) is 6.42 Å². The van der Waals surface area contributed by atoms with Crippen molar-refractivity contribution in [3.05, 3.63) is 0 Å². The van der Waals surface area contributed by atoms with Crippen molar-refractivity contribution < 1.29 is 9.53 Å².